The number of amides is 2. The molecule has 4 heteroatoms. The standard InChI is InChI=1S/C19H26N2O2/c1-3-16-8-4-5-10-20(16)19(23)15-12-18(22)21(13-15)17-9-6-7-14(2)11-17/h6-7,9,11,15-16H,3-5,8,10,12-13H2,1-2H3/t15-,16+/m0/s1. The van der Waals surface area contributed by atoms with E-state index in [1.54, 1.807) is 4.90 Å². The van der Waals surface area contributed by atoms with Crippen LogP contribution in [0, 0.1) is 12.8 Å². The van der Waals surface area contributed by atoms with Gasteiger partial charge in [0.15, 0.2) is 0 Å². The molecule has 0 N–H and O–H groups in total. The number of piperidine rings is 1. The van der Waals surface area contributed by atoms with Crippen molar-refractivity contribution in [2.45, 2.75) is 52.0 Å². The Morgan fingerprint density at radius 2 is 2.13 bits per heavy atom. The Morgan fingerprint density at radius 1 is 1.30 bits per heavy atom. The molecule has 0 saturated carbocycles. The Morgan fingerprint density at radius 3 is 2.87 bits per heavy atom. The van der Waals surface area contributed by atoms with E-state index < -0.39 is 0 Å². The number of hydrogen-bond donors (Lipinski definition) is 0. The topological polar surface area (TPSA) is 40.6 Å². The molecule has 0 bridgehead atoms. The highest BCUT2D eigenvalue weighted by atomic mass is 16.2. The SMILES string of the molecule is CC[C@@H]1CCCCN1C(=O)[C@H]1CC(=O)N(c2cccc(C)c2)C1. The number of carbonyl (C=O) groups excluding carboxylic acids is 2. The van der Waals surface area contributed by atoms with Gasteiger partial charge < -0.3 is 9.80 Å². The van der Waals surface area contributed by atoms with E-state index in [0.717, 1.165) is 37.1 Å². The van der Waals surface area contributed by atoms with Crippen LogP contribution < -0.4 is 4.90 Å². The Bertz CT molecular complexity index is 599. The van der Waals surface area contributed by atoms with Crippen molar-refractivity contribution < 1.29 is 9.59 Å². The molecule has 0 radical (unpaired) electrons. The Labute approximate surface area is 138 Å². The Kier molecular flexibility index (Phi) is 4.69. The predicted molar refractivity (Wildman–Crippen MR) is 91.3 cm³/mol. The van der Waals surface area contributed by atoms with Gasteiger partial charge in [0.05, 0.1) is 5.92 Å². The maximum absolute atomic E-state index is 12.9. The molecule has 2 atom stereocenters. The summed E-state index contributed by atoms with van der Waals surface area (Å²) in [5, 5.41) is 0. The zero-order chi connectivity index (χ0) is 16.4. The number of aryl methyl sites for hydroxylation is 1. The van der Waals surface area contributed by atoms with Crippen LogP contribution in [0.1, 0.15) is 44.6 Å². The first-order valence-electron chi connectivity index (χ1n) is 8.77. The lowest BCUT2D eigenvalue weighted by molar-refractivity contribution is -0.139. The summed E-state index contributed by atoms with van der Waals surface area (Å²) in [5.41, 5.74) is 2.04. The molecule has 2 fully saturated rings. The van der Waals surface area contributed by atoms with Crippen molar-refractivity contribution in [2.24, 2.45) is 5.92 Å². The van der Waals surface area contributed by atoms with E-state index >= 15 is 0 Å². The van der Waals surface area contributed by atoms with Crippen molar-refractivity contribution >= 4 is 17.5 Å². The Hall–Kier alpha value is -1.84. The van der Waals surface area contributed by atoms with Crippen LogP contribution in [0.25, 0.3) is 0 Å². The van der Waals surface area contributed by atoms with E-state index in [-0.39, 0.29) is 17.7 Å². The van der Waals surface area contributed by atoms with Gasteiger partial charge >= 0.3 is 0 Å². The molecule has 0 aromatic heterocycles. The van der Waals surface area contributed by atoms with Gasteiger partial charge in [-0.2, -0.15) is 0 Å². The van der Waals surface area contributed by atoms with Crippen LogP contribution in [0.2, 0.25) is 0 Å². The van der Waals surface area contributed by atoms with Crippen LogP contribution in [-0.2, 0) is 9.59 Å². The predicted octanol–water partition coefficient (Wildman–Crippen LogP) is 3.14. The smallest absolute Gasteiger partial charge is 0.228 e. The van der Waals surface area contributed by atoms with Gasteiger partial charge in [-0.25, -0.2) is 0 Å². The largest absolute Gasteiger partial charge is 0.339 e. The summed E-state index contributed by atoms with van der Waals surface area (Å²) in [4.78, 5) is 29.1. The fourth-order valence-corrected chi connectivity index (χ4v) is 3.87. The second kappa shape index (κ2) is 6.73. The Balaban J connectivity index is 1.72. The summed E-state index contributed by atoms with van der Waals surface area (Å²) in [6.45, 7) is 5.54. The van der Waals surface area contributed by atoms with Gasteiger partial charge in [-0.15, -0.1) is 0 Å². The number of hydrogen-bond acceptors (Lipinski definition) is 2. The van der Waals surface area contributed by atoms with Crippen molar-refractivity contribution in [2.75, 3.05) is 18.0 Å². The normalized spacial score (nSPS) is 25.0. The molecule has 0 spiro atoms. The molecular weight excluding hydrogens is 288 g/mol. The highest BCUT2D eigenvalue weighted by Gasteiger charge is 2.39. The average molecular weight is 314 g/mol. The van der Waals surface area contributed by atoms with Crippen LogP contribution in [0.5, 0.6) is 0 Å². The van der Waals surface area contributed by atoms with Crippen LogP contribution in [0.15, 0.2) is 24.3 Å². The van der Waals surface area contributed by atoms with E-state index in [1.165, 1.54) is 6.42 Å². The highest BCUT2D eigenvalue weighted by molar-refractivity contribution is 6.00. The average Bonchev–Trinajstić information content (AvgIpc) is 2.96. The summed E-state index contributed by atoms with van der Waals surface area (Å²) in [6.07, 6.45) is 4.75. The molecule has 0 aliphatic carbocycles. The molecule has 4 nitrogen and oxygen atoms in total. The molecule has 124 valence electrons. The minimum absolute atomic E-state index is 0.0685. The molecule has 2 saturated heterocycles. The van der Waals surface area contributed by atoms with Crippen LogP contribution in [0.4, 0.5) is 5.69 Å². The van der Waals surface area contributed by atoms with Crippen molar-refractivity contribution in [1.82, 2.24) is 4.90 Å². The monoisotopic (exact) mass is 314 g/mol. The maximum atomic E-state index is 12.9. The first kappa shape index (κ1) is 16.0. The lowest BCUT2D eigenvalue weighted by atomic mass is 9.97. The fraction of sp³-hybridized carbons (Fsp3) is 0.579. The van der Waals surface area contributed by atoms with E-state index in [1.807, 2.05) is 36.1 Å². The molecule has 0 unspecified atom stereocenters. The summed E-state index contributed by atoms with van der Waals surface area (Å²) in [7, 11) is 0. The van der Waals surface area contributed by atoms with Crippen molar-refractivity contribution in [1.29, 1.82) is 0 Å². The summed E-state index contributed by atoms with van der Waals surface area (Å²) in [5.74, 6) is 0.0641. The third kappa shape index (κ3) is 3.26. The molecular formula is C19H26N2O2. The van der Waals surface area contributed by atoms with Gasteiger partial charge in [0, 0.05) is 31.2 Å². The minimum atomic E-state index is -0.185. The fourth-order valence-electron chi connectivity index (χ4n) is 3.87. The van der Waals surface area contributed by atoms with Crippen molar-refractivity contribution in [3.8, 4) is 0 Å². The first-order valence-corrected chi connectivity index (χ1v) is 8.77. The summed E-state index contributed by atoms with van der Waals surface area (Å²) < 4.78 is 0. The summed E-state index contributed by atoms with van der Waals surface area (Å²) in [6, 6.07) is 8.31. The number of rotatable bonds is 3. The van der Waals surface area contributed by atoms with Gasteiger partial charge in [-0.1, -0.05) is 19.1 Å². The second-order valence-corrected chi connectivity index (χ2v) is 6.83. The van der Waals surface area contributed by atoms with E-state index in [9.17, 15) is 9.59 Å². The van der Waals surface area contributed by atoms with Gasteiger partial charge in [0.2, 0.25) is 11.8 Å². The van der Waals surface area contributed by atoms with Gasteiger partial charge in [0.25, 0.3) is 0 Å². The molecule has 23 heavy (non-hydrogen) atoms. The number of benzene rings is 1. The molecule has 2 heterocycles. The highest BCUT2D eigenvalue weighted by Crippen LogP contribution is 2.29. The van der Waals surface area contributed by atoms with Crippen LogP contribution in [0.3, 0.4) is 0 Å². The zero-order valence-corrected chi connectivity index (χ0v) is 14.1. The van der Waals surface area contributed by atoms with Gasteiger partial charge in [-0.05, 0) is 50.3 Å². The quantitative estimate of drug-likeness (QED) is 0.860. The van der Waals surface area contributed by atoms with Gasteiger partial charge in [0.1, 0.15) is 0 Å². The van der Waals surface area contributed by atoms with E-state index in [4.69, 9.17) is 0 Å². The summed E-state index contributed by atoms with van der Waals surface area (Å²) >= 11 is 0. The first-order chi connectivity index (χ1) is 11.1. The number of nitrogens with zero attached hydrogens (tertiary/aromatic N) is 2. The third-order valence-electron chi connectivity index (χ3n) is 5.17. The number of anilines is 1. The molecule has 2 aliphatic heterocycles. The number of likely N-dealkylation sites (tertiary alicyclic amines) is 1. The molecule has 2 amide bonds. The van der Waals surface area contributed by atoms with Crippen LogP contribution >= 0.6 is 0 Å². The van der Waals surface area contributed by atoms with Gasteiger partial charge in [-0.3, -0.25) is 9.59 Å². The lowest BCUT2D eigenvalue weighted by Gasteiger charge is -2.36. The van der Waals surface area contributed by atoms with E-state index in [2.05, 4.69) is 6.92 Å². The van der Waals surface area contributed by atoms with E-state index in [0.29, 0.717) is 19.0 Å². The number of carbonyl (C=O) groups is 2. The minimum Gasteiger partial charge on any atom is -0.339 e. The van der Waals surface area contributed by atoms with Crippen molar-refractivity contribution in [3.63, 3.8) is 0 Å². The molecule has 2 aliphatic rings. The molecule has 1 aromatic rings. The molecule has 3 rings (SSSR count). The second-order valence-electron chi connectivity index (χ2n) is 6.83. The maximum Gasteiger partial charge on any atom is 0.228 e. The van der Waals surface area contributed by atoms with Crippen molar-refractivity contribution in [3.05, 3.63) is 29.8 Å². The van der Waals surface area contributed by atoms with Crippen LogP contribution in [-0.4, -0.2) is 35.8 Å². The molecule has 1 aromatic carbocycles. The third-order valence-corrected chi connectivity index (χ3v) is 5.17. The zero-order valence-electron chi connectivity index (χ0n) is 14.1. The lowest BCUT2D eigenvalue weighted by Crippen LogP contribution is -2.46.